The number of carbonyl (C=O) groups excluding carboxylic acids is 1. The molecular formula is C20H26O5. The molecule has 2 aliphatic heterocycles. The standard InChI is InChI=1S/C20H26O5/c1-2-22-19(21)13-7-11-16-10-6-12-17-18(24-16)14-23-20(25-17)15-8-4-3-5-9-15/h3-5,8-10,17-18,20H,2,6-7,11-14H2,1H3/t17-,18+,20+/m0/s1. The highest BCUT2D eigenvalue weighted by Gasteiger charge is 2.35. The van der Waals surface area contributed by atoms with Crippen LogP contribution in [0.3, 0.4) is 0 Å². The van der Waals surface area contributed by atoms with Crippen molar-refractivity contribution in [1.82, 2.24) is 0 Å². The van der Waals surface area contributed by atoms with Crippen LogP contribution in [0.2, 0.25) is 0 Å². The molecule has 2 aliphatic rings. The predicted octanol–water partition coefficient (Wildman–Crippen LogP) is 3.90. The minimum absolute atomic E-state index is 0.0257. The van der Waals surface area contributed by atoms with Crippen LogP contribution < -0.4 is 0 Å². The maximum Gasteiger partial charge on any atom is 0.305 e. The van der Waals surface area contributed by atoms with Crippen molar-refractivity contribution in [3.63, 3.8) is 0 Å². The van der Waals surface area contributed by atoms with Gasteiger partial charge in [0.2, 0.25) is 0 Å². The number of carbonyl (C=O) groups is 1. The van der Waals surface area contributed by atoms with Gasteiger partial charge in [0.05, 0.1) is 19.0 Å². The Morgan fingerprint density at radius 3 is 2.88 bits per heavy atom. The van der Waals surface area contributed by atoms with E-state index < -0.39 is 0 Å². The molecule has 1 fully saturated rings. The second-order valence-electron chi connectivity index (χ2n) is 6.31. The average molecular weight is 346 g/mol. The molecule has 0 aromatic heterocycles. The molecule has 3 rings (SSSR count). The smallest absolute Gasteiger partial charge is 0.305 e. The minimum atomic E-state index is -0.323. The van der Waals surface area contributed by atoms with Gasteiger partial charge in [-0.3, -0.25) is 4.79 Å². The summed E-state index contributed by atoms with van der Waals surface area (Å²) in [7, 11) is 0. The van der Waals surface area contributed by atoms with Crippen LogP contribution in [0.4, 0.5) is 0 Å². The molecule has 0 saturated carbocycles. The molecule has 1 saturated heterocycles. The number of rotatable bonds is 6. The van der Waals surface area contributed by atoms with Crippen LogP contribution in [0, 0.1) is 0 Å². The molecule has 3 atom stereocenters. The molecule has 0 amide bonds. The van der Waals surface area contributed by atoms with Crippen molar-refractivity contribution in [2.75, 3.05) is 13.2 Å². The first-order chi connectivity index (χ1) is 12.3. The molecule has 0 unspecified atom stereocenters. The van der Waals surface area contributed by atoms with Gasteiger partial charge in [-0.25, -0.2) is 0 Å². The number of hydrogen-bond acceptors (Lipinski definition) is 5. The summed E-state index contributed by atoms with van der Waals surface area (Å²) >= 11 is 0. The molecule has 1 aromatic carbocycles. The summed E-state index contributed by atoms with van der Waals surface area (Å²) < 4.78 is 23.0. The zero-order chi connectivity index (χ0) is 17.5. The van der Waals surface area contributed by atoms with Crippen molar-refractivity contribution in [2.24, 2.45) is 0 Å². The third-order valence-electron chi connectivity index (χ3n) is 4.43. The van der Waals surface area contributed by atoms with Gasteiger partial charge in [-0.2, -0.15) is 0 Å². The second-order valence-corrected chi connectivity index (χ2v) is 6.31. The lowest BCUT2D eigenvalue weighted by Crippen LogP contribution is -2.41. The lowest BCUT2D eigenvalue weighted by molar-refractivity contribution is -0.259. The summed E-state index contributed by atoms with van der Waals surface area (Å²) in [6.45, 7) is 2.76. The van der Waals surface area contributed by atoms with E-state index in [1.54, 1.807) is 0 Å². The third kappa shape index (κ3) is 5.06. The van der Waals surface area contributed by atoms with Crippen LogP contribution in [0.5, 0.6) is 0 Å². The lowest BCUT2D eigenvalue weighted by Gasteiger charge is -2.36. The van der Waals surface area contributed by atoms with Crippen molar-refractivity contribution in [3.05, 3.63) is 47.7 Å². The zero-order valence-electron chi connectivity index (χ0n) is 14.7. The topological polar surface area (TPSA) is 54.0 Å². The first-order valence-electron chi connectivity index (χ1n) is 9.09. The van der Waals surface area contributed by atoms with Crippen molar-refractivity contribution in [2.45, 2.75) is 57.5 Å². The van der Waals surface area contributed by atoms with Gasteiger partial charge in [-0.1, -0.05) is 30.3 Å². The maximum atomic E-state index is 11.4. The summed E-state index contributed by atoms with van der Waals surface area (Å²) in [6.07, 6.45) is 5.46. The Morgan fingerprint density at radius 2 is 2.08 bits per heavy atom. The van der Waals surface area contributed by atoms with E-state index in [1.165, 1.54) is 0 Å². The summed E-state index contributed by atoms with van der Waals surface area (Å²) in [6, 6.07) is 9.99. The largest absolute Gasteiger partial charge is 0.490 e. The van der Waals surface area contributed by atoms with E-state index in [2.05, 4.69) is 6.08 Å². The summed E-state index contributed by atoms with van der Waals surface area (Å²) in [4.78, 5) is 11.4. The molecule has 0 radical (unpaired) electrons. The molecule has 5 nitrogen and oxygen atoms in total. The van der Waals surface area contributed by atoms with Gasteiger partial charge in [0, 0.05) is 18.4 Å². The first kappa shape index (κ1) is 18.0. The quantitative estimate of drug-likeness (QED) is 0.731. The van der Waals surface area contributed by atoms with Gasteiger partial charge in [0.25, 0.3) is 0 Å². The zero-order valence-corrected chi connectivity index (χ0v) is 14.7. The Morgan fingerprint density at radius 1 is 1.24 bits per heavy atom. The summed E-state index contributed by atoms with van der Waals surface area (Å²) in [5, 5.41) is 0. The number of esters is 1. The van der Waals surface area contributed by atoms with Crippen LogP contribution in [0.25, 0.3) is 0 Å². The predicted molar refractivity (Wildman–Crippen MR) is 92.7 cm³/mol. The minimum Gasteiger partial charge on any atom is -0.490 e. The highest BCUT2D eigenvalue weighted by atomic mass is 16.7. The SMILES string of the molecule is CCOC(=O)CCCC1=CCC[C@@H]2O[C@H](c3ccccc3)OC[C@H]2O1. The molecule has 1 aromatic rings. The van der Waals surface area contributed by atoms with Crippen LogP contribution in [-0.4, -0.2) is 31.4 Å². The molecule has 5 heteroatoms. The van der Waals surface area contributed by atoms with Gasteiger partial charge >= 0.3 is 5.97 Å². The third-order valence-corrected chi connectivity index (χ3v) is 4.43. The van der Waals surface area contributed by atoms with E-state index in [-0.39, 0.29) is 24.5 Å². The fourth-order valence-electron chi connectivity index (χ4n) is 3.18. The maximum absolute atomic E-state index is 11.4. The lowest BCUT2D eigenvalue weighted by atomic mass is 10.1. The molecular weight excluding hydrogens is 320 g/mol. The molecule has 25 heavy (non-hydrogen) atoms. The van der Waals surface area contributed by atoms with Crippen molar-refractivity contribution < 1.29 is 23.7 Å². The van der Waals surface area contributed by atoms with E-state index >= 15 is 0 Å². The fourth-order valence-corrected chi connectivity index (χ4v) is 3.18. The van der Waals surface area contributed by atoms with Crippen molar-refractivity contribution >= 4 is 5.97 Å². The Hall–Kier alpha value is -1.85. The van der Waals surface area contributed by atoms with E-state index in [0.717, 1.165) is 37.0 Å². The van der Waals surface area contributed by atoms with E-state index in [4.69, 9.17) is 18.9 Å². The van der Waals surface area contributed by atoms with Crippen molar-refractivity contribution in [3.8, 4) is 0 Å². The molecule has 0 spiro atoms. The number of benzene rings is 1. The fraction of sp³-hybridized carbons (Fsp3) is 0.550. The summed E-state index contributed by atoms with van der Waals surface area (Å²) in [5.74, 6) is 0.784. The Kier molecular flexibility index (Phi) is 6.48. The highest BCUT2D eigenvalue weighted by Crippen LogP contribution is 2.33. The van der Waals surface area contributed by atoms with Gasteiger partial charge in [0.15, 0.2) is 6.29 Å². The van der Waals surface area contributed by atoms with Crippen LogP contribution in [0.15, 0.2) is 42.2 Å². The monoisotopic (exact) mass is 346 g/mol. The molecule has 2 heterocycles. The average Bonchev–Trinajstić information content (AvgIpc) is 2.84. The summed E-state index contributed by atoms with van der Waals surface area (Å²) in [5.41, 5.74) is 1.04. The molecule has 136 valence electrons. The number of fused-ring (bicyclic) bond motifs is 1. The molecule has 0 N–H and O–H groups in total. The van der Waals surface area contributed by atoms with Crippen LogP contribution in [0.1, 0.15) is 50.9 Å². The Bertz CT molecular complexity index is 583. The van der Waals surface area contributed by atoms with Crippen molar-refractivity contribution in [1.29, 1.82) is 0 Å². The van der Waals surface area contributed by atoms with Gasteiger partial charge in [0.1, 0.15) is 12.2 Å². The molecule has 0 aliphatic carbocycles. The van der Waals surface area contributed by atoms with Gasteiger partial charge in [-0.05, 0) is 32.3 Å². The van der Waals surface area contributed by atoms with Crippen LogP contribution >= 0.6 is 0 Å². The van der Waals surface area contributed by atoms with E-state index in [1.807, 2.05) is 37.3 Å². The normalized spacial score (nSPS) is 26.0. The first-order valence-corrected chi connectivity index (χ1v) is 9.09. The Balaban J connectivity index is 1.49. The Labute approximate surface area is 148 Å². The van der Waals surface area contributed by atoms with Gasteiger partial charge < -0.3 is 18.9 Å². The highest BCUT2D eigenvalue weighted by molar-refractivity contribution is 5.69. The number of allylic oxidation sites excluding steroid dienone is 2. The molecule has 0 bridgehead atoms. The second kappa shape index (κ2) is 9.02. The van der Waals surface area contributed by atoms with E-state index in [0.29, 0.717) is 19.6 Å². The number of hydrogen-bond donors (Lipinski definition) is 0. The van der Waals surface area contributed by atoms with E-state index in [9.17, 15) is 4.79 Å². The number of ether oxygens (including phenoxy) is 4. The van der Waals surface area contributed by atoms with Gasteiger partial charge in [-0.15, -0.1) is 0 Å². The van der Waals surface area contributed by atoms with Crippen LogP contribution in [-0.2, 0) is 23.7 Å².